The predicted octanol–water partition coefficient (Wildman–Crippen LogP) is -1.19. The Bertz CT molecular complexity index is 265. The molecule has 0 aromatic heterocycles. The molecule has 1 unspecified atom stereocenters. The van der Waals surface area contributed by atoms with Crippen molar-refractivity contribution in [1.29, 1.82) is 0 Å². The van der Waals surface area contributed by atoms with Gasteiger partial charge in [-0.1, -0.05) is 0 Å². The Labute approximate surface area is 90.6 Å². The third-order valence-corrected chi connectivity index (χ3v) is 5.15. The fourth-order valence-corrected chi connectivity index (χ4v) is 3.09. The minimum atomic E-state index is -4.99. The maximum Gasteiger partial charge on any atom is 0.354 e. The van der Waals surface area contributed by atoms with E-state index in [0.717, 1.165) is 0 Å². The Morgan fingerprint density at radius 2 is 1.53 bits per heavy atom. The molecule has 0 bridgehead atoms. The van der Waals surface area contributed by atoms with E-state index in [-0.39, 0.29) is 5.88 Å². The summed E-state index contributed by atoms with van der Waals surface area (Å²) >= 11 is 5.19. The van der Waals surface area contributed by atoms with Crippen molar-refractivity contribution in [2.75, 3.05) is 12.4 Å². The van der Waals surface area contributed by atoms with Gasteiger partial charge in [-0.15, -0.1) is 11.6 Å². The van der Waals surface area contributed by atoms with Gasteiger partial charge in [0, 0.05) is 12.4 Å². The van der Waals surface area contributed by atoms with E-state index < -0.39 is 33.4 Å². The number of aliphatic hydroxyl groups is 1. The first-order valence-electron chi connectivity index (χ1n) is 3.67. The molecule has 0 saturated carbocycles. The summed E-state index contributed by atoms with van der Waals surface area (Å²) in [6, 6.07) is 0. The fourth-order valence-electron chi connectivity index (χ4n) is 0.730. The zero-order chi connectivity index (χ0) is 12.3. The molecule has 0 rings (SSSR count). The molecule has 0 amide bonds. The van der Waals surface area contributed by atoms with Gasteiger partial charge in [-0.05, 0) is 0 Å². The van der Waals surface area contributed by atoms with Crippen molar-refractivity contribution in [2.24, 2.45) is 0 Å². The smallest absolute Gasteiger partial charge is 0.354 e. The molecule has 0 aliphatic rings. The third-order valence-electron chi connectivity index (χ3n) is 1.35. The van der Waals surface area contributed by atoms with Gasteiger partial charge < -0.3 is 24.7 Å². The van der Waals surface area contributed by atoms with Crippen LogP contribution in [0.3, 0.4) is 0 Å². The third kappa shape index (κ3) is 5.97. The average molecular weight is 284 g/mol. The second-order valence-corrected chi connectivity index (χ2v) is 6.87. The fraction of sp³-hybridized carbons (Fsp3) is 1.00. The topological polar surface area (TPSA) is 147 Å². The number of hydrogen-bond acceptors (Lipinski definition) is 4. The van der Waals surface area contributed by atoms with Gasteiger partial charge >= 0.3 is 15.2 Å². The van der Waals surface area contributed by atoms with Gasteiger partial charge in [-0.25, -0.2) is 0 Å². The molecule has 0 radical (unpaired) electrons. The molecule has 0 aliphatic carbocycles. The lowest BCUT2D eigenvalue weighted by molar-refractivity contribution is 0.193. The minimum Gasteiger partial charge on any atom is -0.391 e. The van der Waals surface area contributed by atoms with Crippen LogP contribution in [0.5, 0.6) is 0 Å². The van der Waals surface area contributed by atoms with E-state index in [0.29, 0.717) is 0 Å². The van der Waals surface area contributed by atoms with E-state index in [4.69, 9.17) is 36.3 Å². The number of nitrogens with one attached hydrogen (secondary N) is 1. The summed E-state index contributed by atoms with van der Waals surface area (Å²) in [7, 11) is -9.99. The zero-order valence-corrected chi connectivity index (χ0v) is 9.94. The quantitative estimate of drug-likeness (QED) is 0.263. The van der Waals surface area contributed by atoms with Gasteiger partial charge in [0.15, 0.2) is 0 Å². The Morgan fingerprint density at radius 3 is 1.80 bits per heavy atom. The Kier molecular flexibility index (Phi) is 5.92. The monoisotopic (exact) mass is 283 g/mol. The van der Waals surface area contributed by atoms with E-state index in [1.54, 1.807) is 0 Å². The standard InChI is InChI=1S/C4H12ClNO7P2/c5-1-3(7)2-6-4(14(8,9)10)15(11,12)13/h3-4,6-7H,1-2H2,(H2,8,9,10)(H2,11,12,13). The lowest BCUT2D eigenvalue weighted by Crippen LogP contribution is -2.36. The molecule has 0 heterocycles. The SMILES string of the molecule is O=P(O)(O)C(NCC(O)CCl)P(=O)(O)O. The highest BCUT2D eigenvalue weighted by Gasteiger charge is 2.43. The summed E-state index contributed by atoms with van der Waals surface area (Å²) in [5, 5.41) is 10.8. The molecule has 0 saturated heterocycles. The molecule has 0 aromatic rings. The van der Waals surface area contributed by atoms with Crippen molar-refractivity contribution in [2.45, 2.75) is 11.6 Å². The highest BCUT2D eigenvalue weighted by atomic mass is 35.5. The molecule has 15 heavy (non-hydrogen) atoms. The highest BCUT2D eigenvalue weighted by Crippen LogP contribution is 2.58. The van der Waals surface area contributed by atoms with Crippen molar-refractivity contribution in [1.82, 2.24) is 5.32 Å². The summed E-state index contributed by atoms with van der Waals surface area (Å²) < 4.78 is 21.4. The first kappa shape index (κ1) is 15.5. The second-order valence-electron chi connectivity index (χ2n) is 2.77. The van der Waals surface area contributed by atoms with Gasteiger partial charge in [0.1, 0.15) is 0 Å². The lowest BCUT2D eigenvalue weighted by Gasteiger charge is -2.21. The van der Waals surface area contributed by atoms with Gasteiger partial charge in [0.2, 0.25) is 5.52 Å². The van der Waals surface area contributed by atoms with Gasteiger partial charge in [-0.3, -0.25) is 14.4 Å². The molecule has 0 aromatic carbocycles. The molecule has 6 N–H and O–H groups in total. The predicted molar refractivity (Wildman–Crippen MR) is 52.6 cm³/mol. The van der Waals surface area contributed by atoms with Gasteiger partial charge in [0.05, 0.1) is 6.10 Å². The van der Waals surface area contributed by atoms with E-state index >= 15 is 0 Å². The van der Waals surface area contributed by atoms with Crippen LogP contribution in [0.1, 0.15) is 0 Å². The van der Waals surface area contributed by atoms with Crippen LogP contribution in [0.25, 0.3) is 0 Å². The maximum absolute atomic E-state index is 10.7. The number of halogens is 1. The molecular formula is C4H12ClNO7P2. The van der Waals surface area contributed by atoms with Crippen LogP contribution >= 0.6 is 26.8 Å². The van der Waals surface area contributed by atoms with Crippen molar-refractivity contribution in [3.63, 3.8) is 0 Å². The minimum absolute atomic E-state index is 0.220. The molecule has 92 valence electrons. The summed E-state index contributed by atoms with van der Waals surface area (Å²) in [6.07, 6.45) is -1.15. The van der Waals surface area contributed by atoms with Crippen LogP contribution in [0.15, 0.2) is 0 Å². The number of hydrogen-bond donors (Lipinski definition) is 6. The number of alkyl halides is 1. The number of rotatable bonds is 6. The lowest BCUT2D eigenvalue weighted by atomic mass is 10.4. The summed E-state index contributed by atoms with van der Waals surface area (Å²) in [6.45, 7) is -0.426. The van der Waals surface area contributed by atoms with Crippen molar-refractivity contribution in [3.05, 3.63) is 0 Å². The van der Waals surface area contributed by atoms with E-state index in [9.17, 15) is 9.13 Å². The first-order valence-corrected chi connectivity index (χ1v) is 7.56. The molecule has 8 nitrogen and oxygen atoms in total. The molecule has 11 heteroatoms. The van der Waals surface area contributed by atoms with Crippen LogP contribution < -0.4 is 5.32 Å². The summed E-state index contributed by atoms with van der Waals surface area (Å²) in [4.78, 5) is 34.6. The normalized spacial score (nSPS) is 15.7. The Balaban J connectivity index is 4.57. The maximum atomic E-state index is 10.7. The molecule has 0 aliphatic heterocycles. The van der Waals surface area contributed by atoms with Crippen LogP contribution in [0.2, 0.25) is 0 Å². The number of aliphatic hydroxyl groups excluding tert-OH is 1. The summed E-state index contributed by atoms with van der Waals surface area (Å²) in [5.74, 6) is -0.220. The first-order chi connectivity index (χ1) is 6.59. The Morgan fingerprint density at radius 1 is 1.13 bits per heavy atom. The Hall–Kier alpha value is 0.510. The molecule has 0 spiro atoms. The second kappa shape index (κ2) is 5.72. The van der Waals surface area contributed by atoms with Gasteiger partial charge in [-0.2, -0.15) is 0 Å². The van der Waals surface area contributed by atoms with Crippen molar-refractivity contribution in [3.8, 4) is 0 Å². The highest BCUT2D eigenvalue weighted by molar-refractivity contribution is 7.70. The molecule has 1 atom stereocenters. The van der Waals surface area contributed by atoms with Crippen molar-refractivity contribution < 1.29 is 33.8 Å². The summed E-state index contributed by atoms with van der Waals surface area (Å²) in [5.41, 5.74) is -2.32. The van der Waals surface area contributed by atoms with E-state index in [1.165, 1.54) is 0 Å². The average Bonchev–Trinajstić information content (AvgIpc) is 1.99. The van der Waals surface area contributed by atoms with Gasteiger partial charge in [0.25, 0.3) is 0 Å². The zero-order valence-electron chi connectivity index (χ0n) is 7.39. The largest absolute Gasteiger partial charge is 0.391 e. The van der Waals surface area contributed by atoms with Crippen molar-refractivity contribution >= 4 is 26.8 Å². The van der Waals surface area contributed by atoms with Crippen LogP contribution in [0, 0.1) is 0 Å². The van der Waals surface area contributed by atoms with E-state index in [2.05, 4.69) is 0 Å². The van der Waals surface area contributed by atoms with Crippen LogP contribution in [0.4, 0.5) is 0 Å². The molecular weight excluding hydrogens is 271 g/mol. The molecule has 0 fully saturated rings. The van der Waals surface area contributed by atoms with Crippen LogP contribution in [-0.2, 0) is 9.13 Å². The van der Waals surface area contributed by atoms with E-state index in [1.807, 2.05) is 5.32 Å². The van der Waals surface area contributed by atoms with Crippen LogP contribution in [-0.4, -0.2) is 48.7 Å².